The predicted octanol–water partition coefficient (Wildman–Crippen LogP) is 5.96. The third-order valence-corrected chi connectivity index (χ3v) is 5.06. The van der Waals surface area contributed by atoms with Gasteiger partial charge in [-0.15, -0.1) is 19.1 Å². The van der Waals surface area contributed by atoms with Crippen LogP contribution in [0, 0.1) is 18.8 Å². The number of esters is 1. The number of nitrogens with zero attached hydrogens (tertiary/aromatic N) is 1. The van der Waals surface area contributed by atoms with Crippen molar-refractivity contribution < 1.29 is 27.4 Å². The van der Waals surface area contributed by atoms with E-state index in [1.165, 1.54) is 24.3 Å². The molecule has 2 aromatic rings. The van der Waals surface area contributed by atoms with Crippen LogP contribution in [0.4, 0.5) is 18.9 Å². The minimum atomic E-state index is -4.76. The zero-order chi connectivity index (χ0) is 22.5. The molecule has 0 aliphatic carbocycles. The van der Waals surface area contributed by atoms with Gasteiger partial charge in [0.25, 0.3) is 0 Å². The van der Waals surface area contributed by atoms with Crippen molar-refractivity contribution in [3.05, 3.63) is 45.9 Å². The molecule has 8 heteroatoms. The van der Waals surface area contributed by atoms with Gasteiger partial charge in [-0.25, -0.2) is 4.79 Å². The third kappa shape index (κ3) is 5.70. The molecule has 4 nitrogen and oxygen atoms in total. The molecule has 0 saturated heterocycles. The average molecular weight is 484 g/mol. The molecule has 0 amide bonds. The Morgan fingerprint density at radius 3 is 2.40 bits per heavy atom. The fourth-order valence-electron chi connectivity index (χ4n) is 2.96. The van der Waals surface area contributed by atoms with Gasteiger partial charge in [0, 0.05) is 7.05 Å². The topological polar surface area (TPSA) is 38.8 Å². The molecule has 0 spiro atoms. The summed E-state index contributed by atoms with van der Waals surface area (Å²) in [5.41, 5.74) is 3.22. The lowest BCUT2D eigenvalue weighted by molar-refractivity contribution is -0.274. The summed E-state index contributed by atoms with van der Waals surface area (Å²) in [6, 6.07) is 7.17. The van der Waals surface area contributed by atoms with Crippen LogP contribution >= 0.6 is 15.9 Å². The fourth-order valence-corrected chi connectivity index (χ4v) is 3.84. The summed E-state index contributed by atoms with van der Waals surface area (Å²) in [6.07, 6.45) is -4.76. The van der Waals surface area contributed by atoms with E-state index in [-0.39, 0.29) is 12.4 Å². The first-order valence-corrected chi connectivity index (χ1v) is 9.85. The van der Waals surface area contributed by atoms with E-state index in [0.717, 1.165) is 11.3 Å². The van der Waals surface area contributed by atoms with Gasteiger partial charge in [0.2, 0.25) is 0 Å². The number of carbonyl (C=O) groups excluding carboxylic acids is 1. The molecular weight excluding hydrogens is 463 g/mol. The lowest BCUT2D eigenvalue weighted by atomic mass is 9.95. The molecule has 0 aliphatic heterocycles. The van der Waals surface area contributed by atoms with Crippen LogP contribution < -0.4 is 9.64 Å². The van der Waals surface area contributed by atoms with E-state index in [1.807, 2.05) is 18.9 Å². The molecule has 0 aliphatic rings. The molecule has 0 atom stereocenters. The van der Waals surface area contributed by atoms with E-state index in [4.69, 9.17) is 4.74 Å². The van der Waals surface area contributed by atoms with Crippen molar-refractivity contribution in [3.8, 4) is 28.7 Å². The van der Waals surface area contributed by atoms with Crippen LogP contribution in [0.3, 0.4) is 0 Å². The van der Waals surface area contributed by atoms with Crippen molar-refractivity contribution in [1.29, 1.82) is 0 Å². The summed E-state index contributed by atoms with van der Waals surface area (Å²) < 4.78 is 47.0. The van der Waals surface area contributed by atoms with E-state index >= 15 is 0 Å². The zero-order valence-electron chi connectivity index (χ0n) is 17.0. The van der Waals surface area contributed by atoms with Crippen LogP contribution in [0.1, 0.15) is 29.8 Å². The number of rotatable bonds is 6. The Hall–Kier alpha value is -2.66. The predicted molar refractivity (Wildman–Crippen MR) is 114 cm³/mol. The van der Waals surface area contributed by atoms with Crippen molar-refractivity contribution in [2.75, 3.05) is 25.1 Å². The largest absolute Gasteiger partial charge is 0.573 e. The molecule has 160 valence electrons. The molecule has 0 unspecified atom stereocenters. The van der Waals surface area contributed by atoms with Crippen molar-refractivity contribution in [3.63, 3.8) is 0 Å². The van der Waals surface area contributed by atoms with Crippen LogP contribution in [0.5, 0.6) is 5.75 Å². The molecule has 0 fully saturated rings. The Labute approximate surface area is 182 Å². The van der Waals surface area contributed by atoms with E-state index in [1.54, 1.807) is 19.9 Å². The van der Waals surface area contributed by atoms with Crippen LogP contribution in [0.25, 0.3) is 11.1 Å². The highest BCUT2D eigenvalue weighted by Gasteiger charge is 2.31. The summed E-state index contributed by atoms with van der Waals surface area (Å²) in [6.45, 7) is 5.97. The molecule has 0 heterocycles. The summed E-state index contributed by atoms with van der Waals surface area (Å²) >= 11 is 3.51. The van der Waals surface area contributed by atoms with Crippen molar-refractivity contribution in [2.24, 2.45) is 0 Å². The molecule has 0 saturated carbocycles. The average Bonchev–Trinajstić information content (AvgIpc) is 2.66. The minimum absolute atomic E-state index is 0.213. The van der Waals surface area contributed by atoms with Gasteiger partial charge in [-0.1, -0.05) is 18.1 Å². The maximum atomic E-state index is 12.5. The molecule has 0 bridgehead atoms. The van der Waals surface area contributed by atoms with Gasteiger partial charge < -0.3 is 14.4 Å². The normalized spacial score (nSPS) is 10.8. The highest BCUT2D eigenvalue weighted by molar-refractivity contribution is 9.10. The number of benzene rings is 2. The summed E-state index contributed by atoms with van der Waals surface area (Å²) in [5, 5.41) is 0. The molecule has 0 radical (unpaired) electrons. The molecular formula is C22H21BrF3NO3. The van der Waals surface area contributed by atoms with Crippen molar-refractivity contribution in [2.45, 2.75) is 27.1 Å². The zero-order valence-corrected chi connectivity index (χ0v) is 18.6. The summed E-state index contributed by atoms with van der Waals surface area (Å²) in [4.78, 5) is 14.4. The number of halogens is 4. The number of alkyl halides is 3. The lowest BCUT2D eigenvalue weighted by Crippen LogP contribution is -2.20. The van der Waals surface area contributed by atoms with E-state index in [2.05, 4.69) is 32.5 Å². The van der Waals surface area contributed by atoms with Crippen LogP contribution in [0.2, 0.25) is 0 Å². The van der Waals surface area contributed by atoms with Gasteiger partial charge in [-0.3, -0.25) is 0 Å². The minimum Gasteiger partial charge on any atom is -0.462 e. The van der Waals surface area contributed by atoms with Gasteiger partial charge in [0.15, 0.2) is 0 Å². The van der Waals surface area contributed by atoms with E-state index in [9.17, 15) is 18.0 Å². The monoisotopic (exact) mass is 483 g/mol. The number of hydrogen-bond acceptors (Lipinski definition) is 4. The molecule has 0 aromatic heterocycles. The van der Waals surface area contributed by atoms with E-state index < -0.39 is 12.3 Å². The Balaban J connectivity index is 2.61. The first-order valence-electron chi connectivity index (χ1n) is 9.06. The van der Waals surface area contributed by atoms with Crippen LogP contribution in [0.15, 0.2) is 34.8 Å². The van der Waals surface area contributed by atoms with Crippen LogP contribution in [-0.4, -0.2) is 32.5 Å². The second kappa shape index (κ2) is 9.90. The highest BCUT2D eigenvalue weighted by Crippen LogP contribution is 2.40. The van der Waals surface area contributed by atoms with Crippen molar-refractivity contribution in [1.82, 2.24) is 0 Å². The van der Waals surface area contributed by atoms with Gasteiger partial charge in [-0.2, -0.15) is 0 Å². The number of anilines is 1. The van der Waals surface area contributed by atoms with Gasteiger partial charge in [-0.05, 0) is 71.6 Å². The molecule has 2 rings (SSSR count). The second-order valence-electron chi connectivity index (χ2n) is 6.33. The summed E-state index contributed by atoms with van der Waals surface area (Å²) in [7, 11) is 1.84. The number of ether oxygens (including phenoxy) is 2. The smallest absolute Gasteiger partial charge is 0.462 e. The SMILES string of the molecule is CC#CCN(C)c1c(C)c(-c2ccc(OC(F)(F)F)cc2)cc(C(=O)OCC)c1Br. The Morgan fingerprint density at radius 1 is 1.23 bits per heavy atom. The fraction of sp³-hybridized carbons (Fsp3) is 0.318. The maximum absolute atomic E-state index is 12.5. The van der Waals surface area contributed by atoms with Gasteiger partial charge in [0.1, 0.15) is 5.75 Å². The van der Waals surface area contributed by atoms with E-state index in [0.29, 0.717) is 27.7 Å². The Bertz CT molecular complexity index is 976. The molecule has 30 heavy (non-hydrogen) atoms. The lowest BCUT2D eigenvalue weighted by Gasteiger charge is -2.24. The van der Waals surface area contributed by atoms with Crippen molar-refractivity contribution >= 4 is 27.6 Å². The summed E-state index contributed by atoms with van der Waals surface area (Å²) in [5.74, 6) is 4.99. The third-order valence-electron chi connectivity index (χ3n) is 4.26. The first kappa shape index (κ1) is 23.6. The van der Waals surface area contributed by atoms with Gasteiger partial charge in [0.05, 0.1) is 28.9 Å². The second-order valence-corrected chi connectivity index (χ2v) is 7.13. The number of hydrogen-bond donors (Lipinski definition) is 0. The molecule has 2 aromatic carbocycles. The number of carbonyl (C=O) groups is 1. The quantitative estimate of drug-likeness (QED) is 0.375. The van der Waals surface area contributed by atoms with Gasteiger partial charge >= 0.3 is 12.3 Å². The Kier molecular flexibility index (Phi) is 7.79. The first-order chi connectivity index (χ1) is 14.1. The Morgan fingerprint density at radius 2 is 1.87 bits per heavy atom. The highest BCUT2D eigenvalue weighted by atomic mass is 79.9. The molecule has 0 N–H and O–H groups in total. The van der Waals surface area contributed by atoms with Crippen LogP contribution in [-0.2, 0) is 4.74 Å². The maximum Gasteiger partial charge on any atom is 0.573 e. The standard InChI is InChI=1S/C22H21BrF3NO3/c1-5-7-12-27(4)20-14(3)17(13-18(19(20)23)21(28)29-6-2)15-8-10-16(11-9-15)30-22(24,25)26/h8-11,13H,6,12H2,1-4H3.